The average molecular weight is 405 g/mol. The zero-order chi connectivity index (χ0) is 21.0. The second kappa shape index (κ2) is 8.71. The van der Waals surface area contributed by atoms with E-state index in [2.05, 4.69) is 5.32 Å². The van der Waals surface area contributed by atoms with Crippen molar-refractivity contribution in [3.63, 3.8) is 0 Å². The van der Waals surface area contributed by atoms with E-state index in [4.69, 9.17) is 18.9 Å². The predicted octanol–water partition coefficient (Wildman–Crippen LogP) is 1.64. The molecule has 0 saturated heterocycles. The number of nitrogens with one attached hydrogen (secondary N) is 1. The molecule has 1 saturated carbocycles. The number of carbonyl (C=O) groups is 3. The molecular formula is C21H27NO7. The molecule has 1 atom stereocenters. The van der Waals surface area contributed by atoms with E-state index in [9.17, 15) is 14.4 Å². The van der Waals surface area contributed by atoms with E-state index < -0.39 is 17.4 Å². The number of hydrogen-bond acceptors (Lipinski definition) is 7. The molecule has 8 nitrogen and oxygen atoms in total. The Morgan fingerprint density at radius 2 is 1.79 bits per heavy atom. The van der Waals surface area contributed by atoms with Gasteiger partial charge in [-0.25, -0.2) is 4.79 Å². The van der Waals surface area contributed by atoms with Gasteiger partial charge < -0.3 is 24.3 Å². The van der Waals surface area contributed by atoms with Crippen LogP contribution in [-0.4, -0.2) is 51.3 Å². The fourth-order valence-electron chi connectivity index (χ4n) is 4.15. The Kier molecular flexibility index (Phi) is 6.30. The maximum absolute atomic E-state index is 13.0. The summed E-state index contributed by atoms with van der Waals surface area (Å²) in [6, 6.07) is 5.56. The molecule has 1 unspecified atom stereocenters. The van der Waals surface area contributed by atoms with E-state index in [0.717, 1.165) is 5.56 Å². The van der Waals surface area contributed by atoms with Crippen LogP contribution in [0.25, 0.3) is 0 Å². The molecule has 1 heterocycles. The highest BCUT2D eigenvalue weighted by atomic mass is 16.5. The first kappa shape index (κ1) is 21.0. The van der Waals surface area contributed by atoms with Gasteiger partial charge in [-0.1, -0.05) is 12.1 Å². The number of para-hydroxylation sites is 1. The summed E-state index contributed by atoms with van der Waals surface area (Å²) in [7, 11) is 4.22. The highest BCUT2D eigenvalue weighted by molar-refractivity contribution is 5.89. The van der Waals surface area contributed by atoms with Crippen LogP contribution in [0.15, 0.2) is 18.2 Å². The molecule has 1 N–H and O–H groups in total. The molecule has 1 aromatic rings. The first-order valence-electron chi connectivity index (χ1n) is 9.71. The van der Waals surface area contributed by atoms with Gasteiger partial charge in [-0.05, 0) is 43.7 Å². The highest BCUT2D eigenvalue weighted by Gasteiger charge is 2.46. The van der Waals surface area contributed by atoms with Gasteiger partial charge in [0.25, 0.3) is 0 Å². The summed E-state index contributed by atoms with van der Waals surface area (Å²) < 4.78 is 20.9. The van der Waals surface area contributed by atoms with E-state index in [1.807, 2.05) is 18.2 Å². The predicted molar refractivity (Wildman–Crippen MR) is 103 cm³/mol. The Labute approximate surface area is 169 Å². The number of methoxy groups -OCH3 is 3. The smallest absolute Gasteiger partial charge is 0.331 e. The third-order valence-corrected chi connectivity index (χ3v) is 5.86. The summed E-state index contributed by atoms with van der Waals surface area (Å²) in [5.41, 5.74) is -0.248. The van der Waals surface area contributed by atoms with Crippen molar-refractivity contribution in [1.29, 1.82) is 0 Å². The van der Waals surface area contributed by atoms with Crippen LogP contribution in [0.2, 0.25) is 0 Å². The van der Waals surface area contributed by atoms with Crippen LogP contribution in [0.4, 0.5) is 0 Å². The Morgan fingerprint density at radius 3 is 2.41 bits per heavy atom. The van der Waals surface area contributed by atoms with Crippen molar-refractivity contribution in [2.75, 3.05) is 27.9 Å². The minimum atomic E-state index is -1.13. The average Bonchev–Trinajstić information content (AvgIpc) is 2.77. The first-order chi connectivity index (χ1) is 13.9. The molecule has 8 heteroatoms. The standard InChI is InChI=1S/C21H27NO7/c1-26-16-6-4-5-14-11-15(12-29-17(14)16)18(23)22-21(20(25)28-3)9-7-13(8-10-21)19(24)27-2/h4-6,13,15H,7-12H2,1-3H3,(H,22,23). The molecule has 1 aromatic carbocycles. The number of benzene rings is 1. The molecule has 1 aliphatic carbocycles. The zero-order valence-corrected chi connectivity index (χ0v) is 17.0. The molecular weight excluding hydrogens is 378 g/mol. The number of hydrogen-bond donors (Lipinski definition) is 1. The van der Waals surface area contributed by atoms with Crippen LogP contribution in [0.3, 0.4) is 0 Å². The molecule has 1 aliphatic heterocycles. The summed E-state index contributed by atoms with van der Waals surface area (Å²) in [6.07, 6.45) is 2.03. The van der Waals surface area contributed by atoms with Crippen LogP contribution in [0.5, 0.6) is 11.5 Å². The van der Waals surface area contributed by atoms with Gasteiger partial charge in [0.05, 0.1) is 33.2 Å². The minimum Gasteiger partial charge on any atom is -0.493 e. The SMILES string of the molecule is COC(=O)C1CCC(NC(=O)C2COc3c(cccc3OC)C2)(C(=O)OC)CC1. The summed E-state index contributed by atoms with van der Waals surface area (Å²) >= 11 is 0. The lowest BCUT2D eigenvalue weighted by atomic mass is 9.76. The molecule has 0 bridgehead atoms. The lowest BCUT2D eigenvalue weighted by Crippen LogP contribution is -2.59. The van der Waals surface area contributed by atoms with E-state index in [-0.39, 0.29) is 24.4 Å². The lowest BCUT2D eigenvalue weighted by Gasteiger charge is -2.38. The fraction of sp³-hybridized carbons (Fsp3) is 0.571. The molecule has 1 amide bonds. The Hall–Kier alpha value is -2.77. The van der Waals surface area contributed by atoms with Crippen LogP contribution >= 0.6 is 0 Å². The largest absolute Gasteiger partial charge is 0.493 e. The number of rotatable bonds is 5. The van der Waals surface area contributed by atoms with E-state index in [1.165, 1.54) is 14.2 Å². The van der Waals surface area contributed by atoms with Crippen LogP contribution in [0, 0.1) is 11.8 Å². The van der Waals surface area contributed by atoms with Gasteiger partial charge in [0.15, 0.2) is 11.5 Å². The first-order valence-corrected chi connectivity index (χ1v) is 9.71. The van der Waals surface area contributed by atoms with Crippen molar-refractivity contribution in [3.8, 4) is 11.5 Å². The summed E-state index contributed by atoms with van der Waals surface area (Å²) in [5, 5.41) is 2.91. The highest BCUT2D eigenvalue weighted by Crippen LogP contribution is 2.37. The summed E-state index contributed by atoms with van der Waals surface area (Å²) in [6.45, 7) is 0.196. The maximum Gasteiger partial charge on any atom is 0.331 e. The number of amides is 1. The molecule has 0 aromatic heterocycles. The second-order valence-electron chi connectivity index (χ2n) is 7.52. The van der Waals surface area contributed by atoms with Crippen LogP contribution < -0.4 is 14.8 Å². The molecule has 0 spiro atoms. The Balaban J connectivity index is 1.71. The van der Waals surface area contributed by atoms with E-state index in [1.54, 1.807) is 7.11 Å². The van der Waals surface area contributed by atoms with Crippen LogP contribution in [0.1, 0.15) is 31.2 Å². The maximum atomic E-state index is 13.0. The number of ether oxygens (including phenoxy) is 4. The second-order valence-corrected chi connectivity index (χ2v) is 7.52. The zero-order valence-electron chi connectivity index (χ0n) is 17.0. The molecule has 0 radical (unpaired) electrons. The van der Waals surface area contributed by atoms with Gasteiger partial charge in [-0.15, -0.1) is 0 Å². The summed E-state index contributed by atoms with van der Waals surface area (Å²) in [4.78, 5) is 37.3. The topological polar surface area (TPSA) is 100 Å². The molecule has 3 rings (SSSR count). The number of carbonyl (C=O) groups excluding carboxylic acids is 3. The minimum absolute atomic E-state index is 0.196. The lowest BCUT2D eigenvalue weighted by molar-refractivity contribution is -0.157. The van der Waals surface area contributed by atoms with Gasteiger partial charge in [0.2, 0.25) is 5.91 Å². The fourth-order valence-corrected chi connectivity index (χ4v) is 4.15. The van der Waals surface area contributed by atoms with Gasteiger partial charge in [-0.3, -0.25) is 9.59 Å². The molecule has 158 valence electrons. The van der Waals surface area contributed by atoms with Gasteiger partial charge in [-0.2, -0.15) is 0 Å². The van der Waals surface area contributed by atoms with Crippen molar-refractivity contribution >= 4 is 17.8 Å². The van der Waals surface area contributed by atoms with Crippen LogP contribution in [-0.2, 0) is 30.3 Å². The summed E-state index contributed by atoms with van der Waals surface area (Å²) in [5.74, 6) is -0.468. The van der Waals surface area contributed by atoms with Gasteiger partial charge in [0, 0.05) is 0 Å². The molecule has 29 heavy (non-hydrogen) atoms. The van der Waals surface area contributed by atoms with Gasteiger partial charge in [0.1, 0.15) is 12.1 Å². The Morgan fingerprint density at radius 1 is 1.07 bits per heavy atom. The van der Waals surface area contributed by atoms with Gasteiger partial charge >= 0.3 is 11.9 Å². The monoisotopic (exact) mass is 405 g/mol. The van der Waals surface area contributed by atoms with Crippen molar-refractivity contribution in [2.45, 2.75) is 37.6 Å². The van der Waals surface area contributed by atoms with E-state index in [0.29, 0.717) is 43.6 Å². The van der Waals surface area contributed by atoms with E-state index >= 15 is 0 Å². The number of esters is 2. The van der Waals surface area contributed by atoms with Crippen molar-refractivity contribution in [1.82, 2.24) is 5.32 Å². The van der Waals surface area contributed by atoms with Crippen molar-refractivity contribution < 1.29 is 33.3 Å². The quantitative estimate of drug-likeness (QED) is 0.743. The Bertz CT molecular complexity index is 783. The molecule has 1 fully saturated rings. The third kappa shape index (κ3) is 4.16. The van der Waals surface area contributed by atoms with Crippen molar-refractivity contribution in [2.24, 2.45) is 11.8 Å². The third-order valence-electron chi connectivity index (χ3n) is 5.86. The normalized spacial score (nSPS) is 25.8. The molecule has 2 aliphatic rings. The number of fused-ring (bicyclic) bond motifs is 1. The van der Waals surface area contributed by atoms with Crippen molar-refractivity contribution in [3.05, 3.63) is 23.8 Å².